The van der Waals surface area contributed by atoms with E-state index in [0.717, 1.165) is 30.3 Å². The lowest BCUT2D eigenvalue weighted by atomic mass is 9.83. The second-order valence-corrected chi connectivity index (χ2v) is 6.10. The fourth-order valence-corrected chi connectivity index (χ4v) is 2.76. The van der Waals surface area contributed by atoms with Crippen molar-refractivity contribution >= 4 is 5.97 Å². The molecule has 0 saturated heterocycles. The summed E-state index contributed by atoms with van der Waals surface area (Å²) in [6.45, 7) is 8.48. The molecule has 1 aromatic rings. The summed E-state index contributed by atoms with van der Waals surface area (Å²) in [6, 6.07) is 0. The molecule has 112 valence electrons. The van der Waals surface area contributed by atoms with Crippen LogP contribution in [0.3, 0.4) is 0 Å². The van der Waals surface area contributed by atoms with E-state index in [1.165, 1.54) is 12.8 Å². The summed E-state index contributed by atoms with van der Waals surface area (Å²) < 4.78 is 10.8. The first-order valence-corrected chi connectivity index (χ1v) is 7.70. The van der Waals surface area contributed by atoms with Crippen LogP contribution in [0, 0.1) is 5.92 Å². The highest BCUT2D eigenvalue weighted by Crippen LogP contribution is 2.36. The number of carbonyl (C=O) groups is 1. The van der Waals surface area contributed by atoms with Crippen LogP contribution in [0.4, 0.5) is 0 Å². The Morgan fingerprint density at radius 2 is 2.00 bits per heavy atom. The minimum absolute atomic E-state index is 0.162. The van der Waals surface area contributed by atoms with Gasteiger partial charge in [0.15, 0.2) is 5.89 Å². The van der Waals surface area contributed by atoms with E-state index in [1.54, 1.807) is 6.92 Å². The third-order valence-corrected chi connectivity index (χ3v) is 4.04. The van der Waals surface area contributed by atoms with Gasteiger partial charge in [0, 0.05) is 5.92 Å². The standard InChI is InChI=1S/C16H25NO3/c1-5-19-16(18)14-13(10(2)3)17-15(20-14)12-8-6-11(4)7-9-12/h10-12H,5-9H2,1-4H3. The van der Waals surface area contributed by atoms with Gasteiger partial charge in [-0.2, -0.15) is 0 Å². The van der Waals surface area contributed by atoms with Crippen molar-refractivity contribution in [2.45, 2.75) is 65.2 Å². The maximum Gasteiger partial charge on any atom is 0.376 e. The molecule has 0 aromatic carbocycles. The summed E-state index contributed by atoms with van der Waals surface area (Å²) >= 11 is 0. The van der Waals surface area contributed by atoms with Gasteiger partial charge >= 0.3 is 5.97 Å². The Kier molecular flexibility index (Phi) is 4.84. The van der Waals surface area contributed by atoms with E-state index in [9.17, 15) is 4.79 Å². The van der Waals surface area contributed by atoms with Crippen LogP contribution in [0.2, 0.25) is 0 Å². The number of aromatic nitrogens is 1. The minimum atomic E-state index is -0.390. The number of carbonyl (C=O) groups excluding carboxylic acids is 1. The zero-order valence-electron chi connectivity index (χ0n) is 12.9. The van der Waals surface area contributed by atoms with Gasteiger partial charge in [-0.3, -0.25) is 0 Å². The van der Waals surface area contributed by atoms with Gasteiger partial charge in [0.05, 0.1) is 12.3 Å². The zero-order valence-corrected chi connectivity index (χ0v) is 12.9. The SMILES string of the molecule is CCOC(=O)c1oc(C2CCC(C)CC2)nc1C(C)C. The molecular formula is C16H25NO3. The Hall–Kier alpha value is -1.32. The van der Waals surface area contributed by atoms with Crippen molar-refractivity contribution < 1.29 is 13.9 Å². The van der Waals surface area contributed by atoms with Gasteiger partial charge in [0.1, 0.15) is 0 Å². The summed E-state index contributed by atoms with van der Waals surface area (Å²) in [4.78, 5) is 16.6. The van der Waals surface area contributed by atoms with Crippen LogP contribution in [0.5, 0.6) is 0 Å². The first-order valence-electron chi connectivity index (χ1n) is 7.70. The van der Waals surface area contributed by atoms with Crippen molar-refractivity contribution in [1.29, 1.82) is 0 Å². The first kappa shape index (κ1) is 15.1. The maximum absolute atomic E-state index is 12.0. The monoisotopic (exact) mass is 279 g/mol. The van der Waals surface area contributed by atoms with Crippen LogP contribution in [0.25, 0.3) is 0 Å². The topological polar surface area (TPSA) is 52.3 Å². The van der Waals surface area contributed by atoms with Gasteiger partial charge in [-0.15, -0.1) is 0 Å². The average molecular weight is 279 g/mol. The lowest BCUT2D eigenvalue weighted by Gasteiger charge is -2.23. The van der Waals surface area contributed by atoms with E-state index in [0.29, 0.717) is 18.3 Å². The molecule has 1 aromatic heterocycles. The number of hydrogen-bond acceptors (Lipinski definition) is 4. The summed E-state index contributed by atoms with van der Waals surface area (Å²) in [5, 5.41) is 0. The van der Waals surface area contributed by atoms with Crippen molar-refractivity contribution in [3.63, 3.8) is 0 Å². The van der Waals surface area contributed by atoms with Crippen LogP contribution in [-0.2, 0) is 4.74 Å². The Balaban J connectivity index is 2.22. The number of rotatable bonds is 4. The lowest BCUT2D eigenvalue weighted by molar-refractivity contribution is 0.0484. The van der Waals surface area contributed by atoms with E-state index in [-0.39, 0.29) is 11.9 Å². The first-order chi connectivity index (χ1) is 9.52. The van der Waals surface area contributed by atoms with E-state index in [2.05, 4.69) is 11.9 Å². The van der Waals surface area contributed by atoms with Crippen LogP contribution >= 0.6 is 0 Å². The van der Waals surface area contributed by atoms with E-state index < -0.39 is 0 Å². The molecule has 1 heterocycles. The van der Waals surface area contributed by atoms with E-state index in [4.69, 9.17) is 9.15 Å². The molecule has 0 N–H and O–H groups in total. The highest BCUT2D eigenvalue weighted by molar-refractivity contribution is 5.87. The van der Waals surface area contributed by atoms with Crippen molar-refractivity contribution in [3.8, 4) is 0 Å². The minimum Gasteiger partial charge on any atom is -0.460 e. The summed E-state index contributed by atoms with van der Waals surface area (Å²) in [5.41, 5.74) is 0.733. The molecule has 0 unspecified atom stereocenters. The van der Waals surface area contributed by atoms with Gasteiger partial charge in [-0.1, -0.05) is 20.8 Å². The number of nitrogens with zero attached hydrogens (tertiary/aromatic N) is 1. The fourth-order valence-electron chi connectivity index (χ4n) is 2.76. The third-order valence-electron chi connectivity index (χ3n) is 4.04. The Bertz CT molecular complexity index is 456. The number of oxazole rings is 1. The molecule has 0 radical (unpaired) electrons. The molecule has 1 aliphatic rings. The predicted octanol–water partition coefficient (Wildman–Crippen LogP) is 4.27. The Morgan fingerprint density at radius 1 is 1.35 bits per heavy atom. The normalized spacial score (nSPS) is 23.1. The fraction of sp³-hybridized carbons (Fsp3) is 0.750. The van der Waals surface area contributed by atoms with Gasteiger partial charge in [0.25, 0.3) is 0 Å². The predicted molar refractivity (Wildman–Crippen MR) is 76.9 cm³/mol. The molecule has 0 amide bonds. The summed E-state index contributed by atoms with van der Waals surface area (Å²) in [6.07, 6.45) is 4.61. The van der Waals surface area contributed by atoms with Crippen molar-refractivity contribution in [1.82, 2.24) is 4.98 Å². The number of ether oxygens (including phenoxy) is 1. The second-order valence-electron chi connectivity index (χ2n) is 6.10. The summed E-state index contributed by atoms with van der Waals surface area (Å²) in [7, 11) is 0. The Labute approximate surface area is 120 Å². The van der Waals surface area contributed by atoms with Gasteiger partial charge in [-0.05, 0) is 44.4 Å². The molecule has 0 bridgehead atoms. The molecule has 2 rings (SSSR count). The second kappa shape index (κ2) is 6.42. The molecule has 1 aliphatic carbocycles. The molecular weight excluding hydrogens is 254 g/mol. The zero-order chi connectivity index (χ0) is 14.7. The maximum atomic E-state index is 12.0. The highest BCUT2D eigenvalue weighted by atomic mass is 16.5. The van der Waals surface area contributed by atoms with Crippen molar-refractivity contribution in [2.24, 2.45) is 5.92 Å². The Morgan fingerprint density at radius 3 is 2.55 bits per heavy atom. The largest absolute Gasteiger partial charge is 0.460 e. The van der Waals surface area contributed by atoms with Crippen LogP contribution in [0.1, 0.15) is 87.4 Å². The molecule has 0 atom stereocenters. The molecule has 0 aliphatic heterocycles. The van der Waals surface area contributed by atoms with Crippen molar-refractivity contribution in [3.05, 3.63) is 17.3 Å². The van der Waals surface area contributed by atoms with Crippen LogP contribution < -0.4 is 0 Å². The summed E-state index contributed by atoms with van der Waals surface area (Å²) in [5.74, 6) is 1.94. The van der Waals surface area contributed by atoms with Crippen molar-refractivity contribution in [2.75, 3.05) is 6.61 Å². The van der Waals surface area contributed by atoms with E-state index >= 15 is 0 Å². The number of esters is 1. The quantitative estimate of drug-likeness (QED) is 0.772. The molecule has 4 nitrogen and oxygen atoms in total. The molecule has 0 spiro atoms. The lowest BCUT2D eigenvalue weighted by Crippen LogP contribution is -2.11. The molecule has 20 heavy (non-hydrogen) atoms. The van der Waals surface area contributed by atoms with Crippen LogP contribution in [0.15, 0.2) is 4.42 Å². The van der Waals surface area contributed by atoms with Gasteiger partial charge in [0.2, 0.25) is 5.76 Å². The third kappa shape index (κ3) is 3.22. The van der Waals surface area contributed by atoms with Gasteiger partial charge < -0.3 is 9.15 Å². The number of hydrogen-bond donors (Lipinski definition) is 0. The molecule has 1 fully saturated rings. The highest BCUT2D eigenvalue weighted by Gasteiger charge is 2.29. The smallest absolute Gasteiger partial charge is 0.376 e. The van der Waals surface area contributed by atoms with Crippen LogP contribution in [-0.4, -0.2) is 17.6 Å². The molecule has 4 heteroatoms. The van der Waals surface area contributed by atoms with E-state index in [1.807, 2.05) is 13.8 Å². The van der Waals surface area contributed by atoms with Gasteiger partial charge in [-0.25, -0.2) is 9.78 Å². The molecule has 1 saturated carbocycles. The average Bonchev–Trinajstić information content (AvgIpc) is 2.85.